The Morgan fingerprint density at radius 3 is 2.81 bits per heavy atom. The van der Waals surface area contributed by atoms with Crippen LogP contribution in [0.4, 0.5) is 5.69 Å². The lowest BCUT2D eigenvalue weighted by atomic mass is 10.2. The molecule has 0 saturated heterocycles. The lowest BCUT2D eigenvalue weighted by Gasteiger charge is -1.98. The molecule has 0 saturated carbocycles. The number of hydrogen-bond donors (Lipinski definition) is 1. The Bertz CT molecular complexity index is 729. The molecule has 0 unspecified atom stereocenters. The lowest BCUT2D eigenvalue weighted by molar-refractivity contribution is -0.384. The molecular formula is C12H7BrClN3O4. The molecule has 0 radical (unpaired) electrons. The van der Waals surface area contributed by atoms with Gasteiger partial charge in [0.1, 0.15) is 0 Å². The van der Waals surface area contributed by atoms with Crippen LogP contribution < -0.4 is 5.43 Å². The van der Waals surface area contributed by atoms with Crippen molar-refractivity contribution in [2.24, 2.45) is 5.10 Å². The molecule has 2 rings (SSSR count). The van der Waals surface area contributed by atoms with Crippen molar-refractivity contribution >= 4 is 45.3 Å². The maximum Gasteiger partial charge on any atom is 0.307 e. The average Bonchev–Trinajstić information content (AvgIpc) is 2.87. The minimum atomic E-state index is -0.557. The zero-order valence-corrected chi connectivity index (χ0v) is 12.6. The highest BCUT2D eigenvalue weighted by Gasteiger charge is 2.10. The van der Waals surface area contributed by atoms with Crippen molar-refractivity contribution in [1.29, 1.82) is 0 Å². The third-order valence-corrected chi connectivity index (χ3v) is 3.13. The molecule has 1 aromatic carbocycles. The summed E-state index contributed by atoms with van der Waals surface area (Å²) in [6.45, 7) is 0. The van der Waals surface area contributed by atoms with E-state index in [9.17, 15) is 14.9 Å². The first kappa shape index (κ1) is 15.2. The molecule has 0 aliphatic heterocycles. The summed E-state index contributed by atoms with van der Waals surface area (Å²) in [4.78, 5) is 21.7. The van der Waals surface area contributed by atoms with Crippen LogP contribution in [0.5, 0.6) is 0 Å². The van der Waals surface area contributed by atoms with Gasteiger partial charge in [0.05, 0.1) is 11.1 Å². The Morgan fingerprint density at radius 2 is 2.19 bits per heavy atom. The molecule has 0 aliphatic carbocycles. The van der Waals surface area contributed by atoms with Gasteiger partial charge in [-0.2, -0.15) is 5.10 Å². The summed E-state index contributed by atoms with van der Waals surface area (Å²) in [7, 11) is 0. The number of halogens is 2. The second-order valence-electron chi connectivity index (χ2n) is 3.77. The lowest BCUT2D eigenvalue weighted by Crippen LogP contribution is -2.16. The second kappa shape index (κ2) is 6.51. The number of carbonyl (C=O) groups excluding carboxylic acids is 1. The van der Waals surface area contributed by atoms with E-state index in [1.807, 2.05) is 0 Å². The summed E-state index contributed by atoms with van der Waals surface area (Å²) >= 11 is 8.96. The number of amides is 1. The number of nitrogens with one attached hydrogen (secondary N) is 1. The van der Waals surface area contributed by atoms with Gasteiger partial charge in [-0.15, -0.1) is 0 Å². The Morgan fingerprint density at radius 1 is 1.43 bits per heavy atom. The summed E-state index contributed by atoms with van der Waals surface area (Å²) in [5, 5.41) is 14.6. The van der Waals surface area contributed by atoms with Gasteiger partial charge in [0.2, 0.25) is 0 Å². The maximum absolute atomic E-state index is 11.6. The largest absolute Gasteiger partial charge is 0.444 e. The predicted octanol–water partition coefficient (Wildman–Crippen LogP) is 3.37. The Labute approximate surface area is 131 Å². The quantitative estimate of drug-likeness (QED) is 0.505. The third-order valence-electron chi connectivity index (χ3n) is 2.36. The highest BCUT2D eigenvalue weighted by atomic mass is 79.9. The Hall–Kier alpha value is -2.19. The van der Waals surface area contributed by atoms with E-state index in [0.717, 1.165) is 0 Å². The van der Waals surface area contributed by atoms with Crippen LogP contribution in [-0.2, 0) is 0 Å². The molecule has 7 nitrogen and oxygen atoms in total. The van der Waals surface area contributed by atoms with Crippen molar-refractivity contribution in [3.63, 3.8) is 0 Å². The summed E-state index contributed by atoms with van der Waals surface area (Å²) in [5.41, 5.74) is 2.41. The number of carbonyl (C=O) groups is 1. The monoisotopic (exact) mass is 371 g/mol. The molecule has 1 heterocycles. The highest BCUT2D eigenvalue weighted by Crippen LogP contribution is 2.20. The molecule has 0 fully saturated rings. The van der Waals surface area contributed by atoms with Crippen LogP contribution in [0.3, 0.4) is 0 Å². The van der Waals surface area contributed by atoms with Crippen LogP contribution in [0.1, 0.15) is 16.1 Å². The molecule has 21 heavy (non-hydrogen) atoms. The number of nitrogens with zero attached hydrogens (tertiary/aromatic N) is 2. The molecule has 1 aromatic heterocycles. The van der Waals surface area contributed by atoms with Crippen molar-refractivity contribution in [1.82, 2.24) is 5.43 Å². The summed E-state index contributed by atoms with van der Waals surface area (Å²) < 4.78 is 5.45. The molecule has 1 N–H and O–H groups in total. The van der Waals surface area contributed by atoms with E-state index < -0.39 is 10.8 Å². The molecule has 0 aliphatic rings. The first-order chi connectivity index (χ1) is 9.97. The molecule has 108 valence electrons. The number of non-ortho nitro benzene ring substituents is 1. The van der Waals surface area contributed by atoms with E-state index in [0.29, 0.717) is 10.2 Å². The number of hydrazone groups is 1. The van der Waals surface area contributed by atoms with Crippen molar-refractivity contribution in [2.45, 2.75) is 0 Å². The number of nitro groups is 1. The van der Waals surface area contributed by atoms with E-state index in [2.05, 4.69) is 26.5 Å². The summed E-state index contributed by atoms with van der Waals surface area (Å²) in [5.74, 6) is -0.484. The first-order valence-electron chi connectivity index (χ1n) is 5.50. The van der Waals surface area contributed by atoms with Crippen LogP contribution in [0, 0.1) is 10.1 Å². The van der Waals surface area contributed by atoms with Crippen molar-refractivity contribution in [3.05, 3.63) is 61.5 Å². The highest BCUT2D eigenvalue weighted by molar-refractivity contribution is 9.10. The summed E-state index contributed by atoms with van der Waals surface area (Å²) in [6, 6.07) is 6.94. The number of nitro benzene ring substituents is 1. The number of rotatable bonds is 4. The van der Waals surface area contributed by atoms with Gasteiger partial charge in [0, 0.05) is 22.7 Å². The Balaban J connectivity index is 2.09. The molecule has 9 heteroatoms. The van der Waals surface area contributed by atoms with Gasteiger partial charge in [-0.1, -0.05) is 11.6 Å². The SMILES string of the molecule is O=C(NN=Cc1cc([N+](=O)[O-])ccc1Cl)c1ccc(Br)o1. The average molecular weight is 373 g/mol. The molecule has 1 amide bonds. The topological polar surface area (TPSA) is 97.7 Å². The number of hydrogen-bond acceptors (Lipinski definition) is 5. The fourth-order valence-corrected chi connectivity index (χ4v) is 1.87. The predicted molar refractivity (Wildman–Crippen MR) is 79.6 cm³/mol. The van der Waals surface area contributed by atoms with E-state index in [1.165, 1.54) is 30.5 Å². The Kier molecular flexibility index (Phi) is 4.71. The van der Waals surface area contributed by atoms with E-state index >= 15 is 0 Å². The van der Waals surface area contributed by atoms with Crippen molar-refractivity contribution in [3.8, 4) is 0 Å². The van der Waals surface area contributed by atoms with Crippen LogP contribution in [0.15, 0.2) is 44.5 Å². The van der Waals surface area contributed by atoms with Gasteiger partial charge < -0.3 is 4.42 Å². The van der Waals surface area contributed by atoms with Gasteiger partial charge in [0.25, 0.3) is 5.69 Å². The molecule has 0 bridgehead atoms. The zero-order valence-electron chi connectivity index (χ0n) is 10.2. The summed E-state index contributed by atoms with van der Waals surface area (Å²) in [6.07, 6.45) is 1.21. The zero-order chi connectivity index (χ0) is 15.4. The minimum absolute atomic E-state index is 0.0733. The third kappa shape index (κ3) is 3.89. The van der Waals surface area contributed by atoms with Gasteiger partial charge in [0.15, 0.2) is 10.4 Å². The maximum atomic E-state index is 11.6. The van der Waals surface area contributed by atoms with E-state index in [4.69, 9.17) is 16.0 Å². The van der Waals surface area contributed by atoms with Crippen LogP contribution in [0.25, 0.3) is 0 Å². The minimum Gasteiger partial charge on any atom is -0.444 e. The van der Waals surface area contributed by atoms with Crippen molar-refractivity contribution < 1.29 is 14.1 Å². The van der Waals surface area contributed by atoms with Gasteiger partial charge in [-0.25, -0.2) is 5.43 Å². The van der Waals surface area contributed by atoms with Gasteiger partial charge in [-0.3, -0.25) is 14.9 Å². The fourth-order valence-electron chi connectivity index (χ4n) is 1.40. The van der Waals surface area contributed by atoms with E-state index in [1.54, 1.807) is 6.07 Å². The normalized spacial score (nSPS) is 10.8. The number of benzene rings is 1. The first-order valence-corrected chi connectivity index (χ1v) is 6.67. The molecular weight excluding hydrogens is 366 g/mol. The molecule has 0 atom stereocenters. The van der Waals surface area contributed by atoms with Gasteiger partial charge in [-0.05, 0) is 34.1 Å². The van der Waals surface area contributed by atoms with Crippen LogP contribution in [-0.4, -0.2) is 17.0 Å². The molecule has 2 aromatic rings. The smallest absolute Gasteiger partial charge is 0.307 e. The number of furan rings is 1. The molecule has 0 spiro atoms. The standard InChI is InChI=1S/C12H7BrClN3O4/c13-11-4-3-10(21-11)12(18)16-15-6-7-5-8(17(19)20)1-2-9(7)14/h1-6H,(H,16,18). The second-order valence-corrected chi connectivity index (χ2v) is 4.95. The van der Waals surface area contributed by atoms with Crippen LogP contribution in [0.2, 0.25) is 5.02 Å². The van der Waals surface area contributed by atoms with Gasteiger partial charge >= 0.3 is 5.91 Å². The van der Waals surface area contributed by atoms with Crippen molar-refractivity contribution in [2.75, 3.05) is 0 Å². The van der Waals surface area contributed by atoms with E-state index in [-0.39, 0.29) is 16.5 Å². The van der Waals surface area contributed by atoms with Crippen LogP contribution >= 0.6 is 27.5 Å². The fraction of sp³-hybridized carbons (Fsp3) is 0.